The Hall–Kier alpha value is -2.87. The lowest BCUT2D eigenvalue weighted by Crippen LogP contribution is -2.45. The molecular formula is C26H34N2O5S. The lowest BCUT2D eigenvalue weighted by Gasteiger charge is -2.31. The summed E-state index contributed by atoms with van der Waals surface area (Å²) in [6.07, 6.45) is -0.220. The van der Waals surface area contributed by atoms with Crippen LogP contribution in [0.1, 0.15) is 52.2 Å². The lowest BCUT2D eigenvalue weighted by molar-refractivity contribution is -0.155. The van der Waals surface area contributed by atoms with Gasteiger partial charge in [-0.1, -0.05) is 61.9 Å². The van der Waals surface area contributed by atoms with Gasteiger partial charge in [0.25, 0.3) is 10.0 Å². The van der Waals surface area contributed by atoms with Gasteiger partial charge in [-0.05, 0) is 51.3 Å². The van der Waals surface area contributed by atoms with Crippen molar-refractivity contribution in [1.82, 2.24) is 9.21 Å². The second kappa shape index (κ2) is 9.78. The van der Waals surface area contributed by atoms with E-state index in [1.807, 2.05) is 51.1 Å². The van der Waals surface area contributed by atoms with Crippen molar-refractivity contribution in [2.75, 3.05) is 0 Å². The predicted octanol–water partition coefficient (Wildman–Crippen LogP) is 4.75. The van der Waals surface area contributed by atoms with Gasteiger partial charge in [-0.3, -0.25) is 4.79 Å². The molecule has 0 N–H and O–H groups in total. The highest BCUT2D eigenvalue weighted by Gasteiger charge is 2.53. The zero-order valence-electron chi connectivity index (χ0n) is 20.7. The molecule has 7 nitrogen and oxygen atoms in total. The number of rotatable bonds is 7. The van der Waals surface area contributed by atoms with Gasteiger partial charge in [0.15, 0.2) is 0 Å². The minimum atomic E-state index is -4.20. The molecule has 8 heteroatoms. The summed E-state index contributed by atoms with van der Waals surface area (Å²) in [5, 5.41) is 0. The van der Waals surface area contributed by atoms with Gasteiger partial charge in [0, 0.05) is 6.54 Å². The van der Waals surface area contributed by atoms with Gasteiger partial charge in [0.05, 0.1) is 23.4 Å². The molecule has 2 amide bonds. The number of sulfonamides is 1. The Kier molecular flexibility index (Phi) is 7.41. The minimum Gasteiger partial charge on any atom is -0.460 e. The smallest absolute Gasteiger partial charge is 0.334 e. The number of carbonyl (C=O) groups excluding carboxylic acids is 2. The number of urea groups is 1. The molecular weight excluding hydrogens is 452 g/mol. The summed E-state index contributed by atoms with van der Waals surface area (Å²) in [5.74, 6) is -0.639. The van der Waals surface area contributed by atoms with Crippen LogP contribution in [0.25, 0.3) is 0 Å². The maximum atomic E-state index is 13.7. The van der Waals surface area contributed by atoms with Crippen LogP contribution in [-0.2, 0) is 26.1 Å². The van der Waals surface area contributed by atoms with Gasteiger partial charge < -0.3 is 9.64 Å². The zero-order valence-corrected chi connectivity index (χ0v) is 21.5. The molecule has 1 saturated heterocycles. The van der Waals surface area contributed by atoms with Crippen molar-refractivity contribution in [3.8, 4) is 0 Å². The SMILES string of the molecule is Cc1ccc(S(=O)(=O)N2C(=O)N(Cc3ccccc3)[C@@H](C(C)C)[C@H]2CC(=O)OC(C)(C)C)cc1. The van der Waals surface area contributed by atoms with E-state index in [4.69, 9.17) is 4.74 Å². The Morgan fingerprint density at radius 3 is 2.15 bits per heavy atom. The first kappa shape index (κ1) is 25.7. The Balaban J connectivity index is 2.07. The second-order valence-electron chi connectivity index (χ2n) is 10.1. The summed E-state index contributed by atoms with van der Waals surface area (Å²) >= 11 is 0. The molecule has 184 valence electrons. The molecule has 2 atom stereocenters. The summed E-state index contributed by atoms with van der Waals surface area (Å²) in [7, 11) is -4.20. The number of benzene rings is 2. The third-order valence-corrected chi connectivity index (χ3v) is 7.55. The summed E-state index contributed by atoms with van der Waals surface area (Å²) < 4.78 is 33.9. The van der Waals surface area contributed by atoms with Gasteiger partial charge in [-0.15, -0.1) is 0 Å². The van der Waals surface area contributed by atoms with Crippen LogP contribution in [-0.4, -0.2) is 47.3 Å². The Labute approximate surface area is 202 Å². The van der Waals surface area contributed by atoms with Gasteiger partial charge in [-0.2, -0.15) is 0 Å². The third-order valence-electron chi connectivity index (χ3n) is 5.74. The molecule has 1 fully saturated rings. The highest BCUT2D eigenvalue weighted by molar-refractivity contribution is 7.89. The summed E-state index contributed by atoms with van der Waals surface area (Å²) in [6.45, 7) is 11.2. The van der Waals surface area contributed by atoms with Crippen molar-refractivity contribution in [3.63, 3.8) is 0 Å². The molecule has 1 aliphatic rings. The predicted molar refractivity (Wildman–Crippen MR) is 130 cm³/mol. The van der Waals surface area contributed by atoms with Crippen molar-refractivity contribution in [3.05, 3.63) is 65.7 Å². The summed E-state index contributed by atoms with van der Waals surface area (Å²) in [6, 6.07) is 13.8. The molecule has 0 unspecified atom stereocenters. The lowest BCUT2D eigenvalue weighted by atomic mass is 9.94. The van der Waals surface area contributed by atoms with Crippen LogP contribution < -0.4 is 0 Å². The normalized spacial score (nSPS) is 19.1. The van der Waals surface area contributed by atoms with E-state index < -0.39 is 39.7 Å². The van der Waals surface area contributed by atoms with Crippen molar-refractivity contribution in [2.45, 2.75) is 77.1 Å². The van der Waals surface area contributed by atoms with Crippen LogP contribution in [0, 0.1) is 12.8 Å². The standard InChI is InChI=1S/C26H34N2O5S/c1-18(2)24-22(16-23(29)33-26(4,5)6)28(34(31,32)21-14-12-19(3)13-15-21)25(30)27(24)17-20-10-8-7-9-11-20/h7-15,18,22,24H,16-17H2,1-6H3/t22-,24+/m1/s1. The van der Waals surface area contributed by atoms with Crippen LogP contribution >= 0.6 is 0 Å². The van der Waals surface area contributed by atoms with E-state index in [1.54, 1.807) is 37.8 Å². The fourth-order valence-electron chi connectivity index (χ4n) is 4.36. The van der Waals surface area contributed by atoms with Gasteiger partial charge >= 0.3 is 12.0 Å². The fourth-order valence-corrected chi connectivity index (χ4v) is 5.94. The van der Waals surface area contributed by atoms with Crippen molar-refractivity contribution in [1.29, 1.82) is 0 Å². The van der Waals surface area contributed by atoms with Crippen LogP contribution in [0.15, 0.2) is 59.5 Å². The summed E-state index contributed by atoms with van der Waals surface area (Å²) in [5.41, 5.74) is 1.06. The molecule has 0 aliphatic carbocycles. The molecule has 0 aromatic heterocycles. The number of ether oxygens (including phenoxy) is 1. The highest BCUT2D eigenvalue weighted by atomic mass is 32.2. The molecule has 34 heavy (non-hydrogen) atoms. The average Bonchev–Trinajstić information content (AvgIpc) is 2.99. The number of carbonyl (C=O) groups is 2. The molecule has 0 spiro atoms. The largest absolute Gasteiger partial charge is 0.460 e. The summed E-state index contributed by atoms with van der Waals surface area (Å²) in [4.78, 5) is 28.1. The van der Waals surface area contributed by atoms with Crippen LogP contribution in [0.5, 0.6) is 0 Å². The molecule has 0 radical (unpaired) electrons. The molecule has 0 saturated carbocycles. The Morgan fingerprint density at radius 2 is 1.62 bits per heavy atom. The third kappa shape index (κ3) is 5.60. The number of amides is 2. The van der Waals surface area contributed by atoms with Gasteiger partial charge in [0.2, 0.25) is 0 Å². The van der Waals surface area contributed by atoms with E-state index in [9.17, 15) is 18.0 Å². The van der Waals surface area contributed by atoms with Crippen molar-refractivity contribution < 1.29 is 22.7 Å². The van der Waals surface area contributed by atoms with Crippen molar-refractivity contribution >= 4 is 22.0 Å². The first-order chi connectivity index (χ1) is 15.8. The topological polar surface area (TPSA) is 84.0 Å². The molecule has 1 aliphatic heterocycles. The molecule has 3 rings (SSSR count). The van der Waals surface area contributed by atoms with Gasteiger partial charge in [-0.25, -0.2) is 17.5 Å². The second-order valence-corrected chi connectivity index (χ2v) is 11.9. The van der Waals surface area contributed by atoms with Crippen molar-refractivity contribution in [2.24, 2.45) is 5.92 Å². The molecule has 0 bridgehead atoms. The van der Waals surface area contributed by atoms with Gasteiger partial charge in [0.1, 0.15) is 5.60 Å². The Bertz CT molecular complexity index is 1120. The van der Waals surface area contributed by atoms with E-state index in [-0.39, 0.29) is 23.8 Å². The van der Waals surface area contributed by atoms with Crippen LogP contribution in [0.2, 0.25) is 0 Å². The maximum Gasteiger partial charge on any atom is 0.334 e. The Morgan fingerprint density at radius 1 is 1.03 bits per heavy atom. The number of hydrogen-bond donors (Lipinski definition) is 0. The average molecular weight is 487 g/mol. The quantitative estimate of drug-likeness (QED) is 0.528. The van der Waals surface area contributed by atoms with Crippen LogP contribution in [0.4, 0.5) is 4.79 Å². The first-order valence-electron chi connectivity index (χ1n) is 11.5. The maximum absolute atomic E-state index is 13.7. The van der Waals surface area contributed by atoms with E-state index >= 15 is 0 Å². The molecule has 1 heterocycles. The number of hydrogen-bond acceptors (Lipinski definition) is 5. The van der Waals surface area contributed by atoms with E-state index in [2.05, 4.69) is 0 Å². The number of esters is 1. The number of aryl methyl sites for hydroxylation is 1. The fraction of sp³-hybridized carbons (Fsp3) is 0.462. The monoisotopic (exact) mass is 486 g/mol. The minimum absolute atomic E-state index is 0.0182. The van der Waals surface area contributed by atoms with E-state index in [1.165, 1.54) is 12.1 Å². The number of nitrogens with zero attached hydrogens (tertiary/aromatic N) is 2. The van der Waals surface area contributed by atoms with E-state index in [0.29, 0.717) is 0 Å². The highest BCUT2D eigenvalue weighted by Crippen LogP contribution is 2.36. The van der Waals surface area contributed by atoms with E-state index in [0.717, 1.165) is 15.4 Å². The molecule has 2 aromatic rings. The zero-order chi connectivity index (χ0) is 25.3. The van der Waals surface area contributed by atoms with Crippen LogP contribution in [0.3, 0.4) is 0 Å². The first-order valence-corrected chi connectivity index (χ1v) is 12.9. The molecule has 2 aromatic carbocycles.